The van der Waals surface area contributed by atoms with Crippen molar-refractivity contribution in [2.24, 2.45) is 5.73 Å². The van der Waals surface area contributed by atoms with Crippen molar-refractivity contribution in [1.82, 2.24) is 24.8 Å². The van der Waals surface area contributed by atoms with Gasteiger partial charge >= 0.3 is 12.1 Å². The largest absolute Gasteiger partial charge is 0.378 e. The zero-order valence-corrected chi connectivity index (χ0v) is 22.1. The van der Waals surface area contributed by atoms with Gasteiger partial charge < -0.3 is 30.9 Å². The van der Waals surface area contributed by atoms with Crippen LogP contribution in [-0.4, -0.2) is 89.3 Å². The van der Waals surface area contributed by atoms with Gasteiger partial charge in [-0.2, -0.15) is 9.97 Å². The molecule has 2 aliphatic rings. The van der Waals surface area contributed by atoms with Gasteiger partial charge in [0, 0.05) is 56.2 Å². The molecule has 1 aromatic heterocycles. The third-order valence-electron chi connectivity index (χ3n) is 6.73. The molecule has 0 bridgehead atoms. The standard InChI is InChI=1S/C27H32FN9O3/c28-20-4-8-22(9-5-20)31-27(39)30-21-6-2-19(3-7-21)24-32-23(33-26(34-24)37-14-16-40-17-15-37)18-35-10-1-11-36(13-12-35)25(29)38/h2-9H,1,10-18H2,(H2,29,38)(H2,30,31,39). The number of aromatic nitrogens is 3. The molecule has 2 aromatic carbocycles. The SMILES string of the molecule is NC(=O)N1CCCN(Cc2nc(-c3ccc(NC(=O)Nc4ccc(F)cc4)cc3)nc(N3CCOCC3)n2)CC1. The van der Waals surface area contributed by atoms with E-state index in [1.807, 2.05) is 12.1 Å². The molecule has 2 aliphatic heterocycles. The van der Waals surface area contributed by atoms with Crippen molar-refractivity contribution in [3.63, 3.8) is 0 Å². The van der Waals surface area contributed by atoms with Crippen LogP contribution in [0.15, 0.2) is 48.5 Å². The first kappa shape index (κ1) is 27.2. The molecule has 0 spiro atoms. The highest BCUT2D eigenvalue weighted by molar-refractivity contribution is 5.99. The van der Waals surface area contributed by atoms with Crippen LogP contribution < -0.4 is 21.3 Å². The maximum Gasteiger partial charge on any atom is 0.323 e. The van der Waals surface area contributed by atoms with Gasteiger partial charge in [-0.15, -0.1) is 0 Å². The van der Waals surface area contributed by atoms with Crippen molar-refractivity contribution in [1.29, 1.82) is 0 Å². The van der Waals surface area contributed by atoms with Crippen LogP contribution in [0.5, 0.6) is 0 Å². The second-order valence-electron chi connectivity index (χ2n) is 9.59. The van der Waals surface area contributed by atoms with Gasteiger partial charge in [-0.05, 0) is 55.0 Å². The van der Waals surface area contributed by atoms with E-state index in [-0.39, 0.29) is 5.82 Å². The average Bonchev–Trinajstić information content (AvgIpc) is 3.21. The monoisotopic (exact) mass is 549 g/mol. The summed E-state index contributed by atoms with van der Waals surface area (Å²) in [4.78, 5) is 44.2. The summed E-state index contributed by atoms with van der Waals surface area (Å²) in [6.07, 6.45) is 0.820. The Morgan fingerprint density at radius 1 is 0.850 bits per heavy atom. The smallest absolute Gasteiger partial charge is 0.323 e. The Bertz CT molecular complexity index is 1320. The lowest BCUT2D eigenvalue weighted by Gasteiger charge is -2.27. The van der Waals surface area contributed by atoms with E-state index >= 15 is 0 Å². The predicted octanol–water partition coefficient (Wildman–Crippen LogP) is 2.74. The first-order chi connectivity index (χ1) is 19.4. The quantitative estimate of drug-likeness (QED) is 0.426. The third kappa shape index (κ3) is 7.18. The van der Waals surface area contributed by atoms with E-state index in [1.54, 1.807) is 17.0 Å². The Labute approximate surface area is 231 Å². The summed E-state index contributed by atoms with van der Waals surface area (Å²) in [7, 11) is 0. The number of nitrogens with two attached hydrogens (primary N) is 1. The van der Waals surface area contributed by atoms with Crippen LogP contribution in [0.4, 0.5) is 31.3 Å². The summed E-state index contributed by atoms with van der Waals surface area (Å²) in [5, 5.41) is 5.44. The number of anilines is 3. The molecule has 13 heteroatoms. The topological polar surface area (TPSA) is 142 Å². The zero-order valence-electron chi connectivity index (χ0n) is 22.1. The van der Waals surface area contributed by atoms with Crippen molar-refractivity contribution < 1.29 is 18.7 Å². The summed E-state index contributed by atoms with van der Waals surface area (Å²) in [5.41, 5.74) is 7.32. The molecule has 5 rings (SSSR count). The molecule has 4 N–H and O–H groups in total. The minimum atomic E-state index is -0.441. The minimum Gasteiger partial charge on any atom is -0.378 e. The molecular formula is C27H32FN9O3. The number of benzene rings is 2. The number of primary amides is 1. The lowest BCUT2D eigenvalue weighted by atomic mass is 10.2. The van der Waals surface area contributed by atoms with Crippen LogP contribution >= 0.6 is 0 Å². The molecule has 3 aromatic rings. The number of carbonyl (C=O) groups excluding carboxylic acids is 2. The molecule has 2 saturated heterocycles. The molecule has 0 aliphatic carbocycles. The summed E-state index contributed by atoms with van der Waals surface area (Å²) >= 11 is 0. The number of urea groups is 2. The normalized spacial score (nSPS) is 16.3. The van der Waals surface area contributed by atoms with Gasteiger partial charge in [0.15, 0.2) is 5.82 Å². The van der Waals surface area contributed by atoms with Crippen molar-refractivity contribution in [3.05, 3.63) is 60.2 Å². The highest BCUT2D eigenvalue weighted by atomic mass is 19.1. The summed E-state index contributed by atoms with van der Waals surface area (Å²) in [6.45, 7) is 5.77. The summed E-state index contributed by atoms with van der Waals surface area (Å²) in [5.74, 6) is 1.39. The number of carbonyl (C=O) groups is 2. The first-order valence-electron chi connectivity index (χ1n) is 13.2. The molecule has 0 saturated carbocycles. The Kier molecular flexibility index (Phi) is 8.62. The Hall–Kier alpha value is -4.36. The highest BCUT2D eigenvalue weighted by Gasteiger charge is 2.21. The number of ether oxygens (including phenoxy) is 1. The number of halogens is 1. The van der Waals surface area contributed by atoms with Gasteiger partial charge in [-0.1, -0.05) is 0 Å². The zero-order chi connectivity index (χ0) is 27.9. The number of hydrogen-bond acceptors (Lipinski definition) is 8. The van der Waals surface area contributed by atoms with Gasteiger partial charge in [-0.3, -0.25) is 4.90 Å². The second kappa shape index (κ2) is 12.7. The van der Waals surface area contributed by atoms with E-state index in [1.165, 1.54) is 24.3 Å². The van der Waals surface area contributed by atoms with Crippen molar-refractivity contribution in [2.45, 2.75) is 13.0 Å². The molecule has 12 nitrogen and oxygen atoms in total. The van der Waals surface area contributed by atoms with Crippen LogP contribution in [0.3, 0.4) is 0 Å². The maximum absolute atomic E-state index is 13.1. The Morgan fingerprint density at radius 2 is 1.52 bits per heavy atom. The number of amides is 4. The molecule has 4 amide bonds. The maximum atomic E-state index is 13.1. The fraction of sp³-hybridized carbons (Fsp3) is 0.370. The summed E-state index contributed by atoms with van der Waals surface area (Å²) in [6, 6.07) is 11.9. The van der Waals surface area contributed by atoms with Crippen molar-refractivity contribution in [3.8, 4) is 11.4 Å². The Balaban J connectivity index is 1.31. The molecule has 210 valence electrons. The molecule has 2 fully saturated rings. The van der Waals surface area contributed by atoms with E-state index in [0.717, 1.165) is 18.5 Å². The molecule has 0 atom stereocenters. The minimum absolute atomic E-state index is 0.374. The van der Waals surface area contributed by atoms with Gasteiger partial charge in [-0.25, -0.2) is 19.0 Å². The van der Waals surface area contributed by atoms with Gasteiger partial charge in [0.1, 0.15) is 11.6 Å². The van der Waals surface area contributed by atoms with Gasteiger partial charge in [0.25, 0.3) is 0 Å². The third-order valence-corrected chi connectivity index (χ3v) is 6.73. The summed E-state index contributed by atoms with van der Waals surface area (Å²) < 4.78 is 18.6. The van der Waals surface area contributed by atoms with Crippen LogP contribution in [0, 0.1) is 5.82 Å². The number of hydrogen-bond donors (Lipinski definition) is 3. The van der Waals surface area contributed by atoms with Crippen LogP contribution in [0.25, 0.3) is 11.4 Å². The van der Waals surface area contributed by atoms with Crippen LogP contribution in [0.2, 0.25) is 0 Å². The molecular weight excluding hydrogens is 517 g/mol. The fourth-order valence-corrected chi connectivity index (χ4v) is 4.59. The number of nitrogens with zero attached hydrogens (tertiary/aromatic N) is 6. The fourth-order valence-electron chi connectivity index (χ4n) is 4.59. The van der Waals surface area contributed by atoms with E-state index in [9.17, 15) is 14.0 Å². The second-order valence-corrected chi connectivity index (χ2v) is 9.59. The molecule has 3 heterocycles. The van der Waals surface area contributed by atoms with E-state index in [0.29, 0.717) is 81.5 Å². The predicted molar refractivity (Wildman–Crippen MR) is 148 cm³/mol. The van der Waals surface area contributed by atoms with Gasteiger partial charge in [0.05, 0.1) is 19.8 Å². The lowest BCUT2D eigenvalue weighted by molar-refractivity contribution is 0.122. The highest BCUT2D eigenvalue weighted by Crippen LogP contribution is 2.22. The number of morpholine rings is 1. The molecule has 0 radical (unpaired) electrons. The Morgan fingerprint density at radius 3 is 2.20 bits per heavy atom. The lowest BCUT2D eigenvalue weighted by Crippen LogP contribution is -2.39. The molecule has 40 heavy (non-hydrogen) atoms. The number of nitrogens with one attached hydrogen (secondary N) is 2. The van der Waals surface area contributed by atoms with E-state index in [2.05, 4.69) is 20.4 Å². The van der Waals surface area contributed by atoms with Crippen molar-refractivity contribution in [2.75, 3.05) is 68.0 Å². The average molecular weight is 550 g/mol. The van der Waals surface area contributed by atoms with Crippen molar-refractivity contribution >= 4 is 29.4 Å². The first-order valence-corrected chi connectivity index (χ1v) is 13.2. The van der Waals surface area contributed by atoms with Crippen LogP contribution in [0.1, 0.15) is 12.2 Å². The number of rotatable bonds is 6. The molecule has 0 unspecified atom stereocenters. The van der Waals surface area contributed by atoms with E-state index in [4.69, 9.17) is 25.4 Å². The van der Waals surface area contributed by atoms with Gasteiger partial charge in [0.2, 0.25) is 5.95 Å². The van der Waals surface area contributed by atoms with Crippen LogP contribution in [-0.2, 0) is 11.3 Å². The van der Waals surface area contributed by atoms with E-state index < -0.39 is 12.1 Å².